The number of aliphatic hydroxyl groups is 1. The molecule has 98 valence electrons. The van der Waals surface area contributed by atoms with Gasteiger partial charge in [-0.3, -0.25) is 0 Å². The lowest BCUT2D eigenvalue weighted by Crippen LogP contribution is -2.05. The highest BCUT2D eigenvalue weighted by molar-refractivity contribution is 5.41. The zero-order chi connectivity index (χ0) is 13.7. The first-order chi connectivity index (χ1) is 9.20. The van der Waals surface area contributed by atoms with Gasteiger partial charge in [-0.05, 0) is 25.5 Å². The zero-order valence-corrected chi connectivity index (χ0v) is 11.2. The molecule has 0 fully saturated rings. The van der Waals surface area contributed by atoms with E-state index in [9.17, 15) is 0 Å². The third kappa shape index (κ3) is 3.43. The van der Waals surface area contributed by atoms with Crippen LogP contribution in [0.4, 0.5) is 0 Å². The minimum atomic E-state index is 0.0938. The van der Waals surface area contributed by atoms with E-state index in [0.717, 1.165) is 22.8 Å². The van der Waals surface area contributed by atoms with Crippen LogP contribution < -0.4 is 0 Å². The summed E-state index contributed by atoms with van der Waals surface area (Å²) in [7, 11) is 0. The first kappa shape index (κ1) is 13.3. The van der Waals surface area contributed by atoms with Gasteiger partial charge >= 0.3 is 0 Å². The fourth-order valence-electron chi connectivity index (χ4n) is 1.87. The fraction of sp³-hybridized carbons (Fsp3) is 0.333. The average molecular weight is 255 g/mol. The van der Waals surface area contributed by atoms with Crippen molar-refractivity contribution in [2.24, 2.45) is 0 Å². The normalized spacial score (nSPS) is 10.1. The summed E-state index contributed by atoms with van der Waals surface area (Å²) >= 11 is 0. The topological polar surface area (TPSA) is 50.9 Å². The van der Waals surface area contributed by atoms with Gasteiger partial charge in [0.15, 0.2) is 0 Å². The number of nitrogens with zero attached hydrogens (tertiary/aromatic N) is 3. The highest BCUT2D eigenvalue weighted by Crippen LogP contribution is 2.10. The number of hydrogen-bond donors (Lipinski definition) is 1. The maximum absolute atomic E-state index is 8.76. The summed E-state index contributed by atoms with van der Waals surface area (Å²) in [5.41, 5.74) is 2.09. The molecular formula is C15H17N3O. The number of aliphatic hydroxyl groups excluding tert-OH is 1. The third-order valence-corrected chi connectivity index (χ3v) is 2.76. The Bertz CT molecular complexity index is 620. The van der Waals surface area contributed by atoms with E-state index in [2.05, 4.69) is 21.9 Å². The van der Waals surface area contributed by atoms with Crippen molar-refractivity contribution in [2.45, 2.75) is 26.8 Å². The molecule has 0 saturated carbocycles. The molecule has 0 aliphatic rings. The predicted octanol–water partition coefficient (Wildman–Crippen LogP) is 1.68. The Labute approximate surface area is 113 Å². The van der Waals surface area contributed by atoms with Crippen LogP contribution >= 0.6 is 0 Å². The summed E-state index contributed by atoms with van der Waals surface area (Å²) in [5, 5.41) is 13.1. The molecule has 1 aromatic carbocycles. The van der Waals surface area contributed by atoms with Gasteiger partial charge in [0.1, 0.15) is 11.6 Å². The Morgan fingerprint density at radius 1 is 1.26 bits per heavy atom. The van der Waals surface area contributed by atoms with E-state index in [1.807, 2.05) is 42.8 Å². The van der Waals surface area contributed by atoms with Gasteiger partial charge in [0, 0.05) is 12.0 Å². The molecule has 0 spiro atoms. The molecule has 19 heavy (non-hydrogen) atoms. The quantitative estimate of drug-likeness (QED) is 0.849. The molecule has 0 aliphatic carbocycles. The lowest BCUT2D eigenvalue weighted by molar-refractivity contribution is 0.305. The van der Waals surface area contributed by atoms with E-state index in [-0.39, 0.29) is 6.61 Å². The molecule has 4 nitrogen and oxygen atoms in total. The lowest BCUT2D eigenvalue weighted by Gasteiger charge is -2.05. The Balaban J connectivity index is 2.26. The van der Waals surface area contributed by atoms with Crippen LogP contribution in [0.5, 0.6) is 0 Å². The van der Waals surface area contributed by atoms with Crippen LogP contribution in [0.15, 0.2) is 24.3 Å². The molecule has 0 atom stereocenters. The first-order valence-corrected chi connectivity index (χ1v) is 6.26. The van der Waals surface area contributed by atoms with Gasteiger partial charge in [0.2, 0.25) is 0 Å². The van der Waals surface area contributed by atoms with E-state index in [4.69, 9.17) is 5.11 Å². The van der Waals surface area contributed by atoms with Crippen LogP contribution in [-0.2, 0) is 6.54 Å². The Morgan fingerprint density at radius 3 is 2.74 bits per heavy atom. The molecule has 4 heteroatoms. The van der Waals surface area contributed by atoms with Gasteiger partial charge in [0.05, 0.1) is 13.2 Å². The van der Waals surface area contributed by atoms with E-state index in [1.54, 1.807) is 0 Å². The number of rotatable bonds is 3. The minimum absolute atomic E-state index is 0.0938. The fourth-order valence-corrected chi connectivity index (χ4v) is 1.87. The molecular weight excluding hydrogens is 238 g/mol. The van der Waals surface area contributed by atoms with Crippen molar-refractivity contribution in [1.29, 1.82) is 0 Å². The third-order valence-electron chi connectivity index (χ3n) is 2.76. The van der Waals surface area contributed by atoms with Crippen molar-refractivity contribution in [3.63, 3.8) is 0 Å². The van der Waals surface area contributed by atoms with Crippen LogP contribution in [0.25, 0.3) is 0 Å². The number of benzene rings is 1. The molecule has 2 rings (SSSR count). The molecule has 0 radical (unpaired) electrons. The highest BCUT2D eigenvalue weighted by atomic mass is 16.2. The van der Waals surface area contributed by atoms with Crippen molar-refractivity contribution >= 4 is 0 Å². The van der Waals surface area contributed by atoms with E-state index in [1.165, 1.54) is 0 Å². The average Bonchev–Trinajstić information content (AvgIpc) is 2.70. The molecule has 1 N–H and O–H groups in total. The van der Waals surface area contributed by atoms with Gasteiger partial charge in [-0.1, -0.05) is 30.0 Å². The Kier molecular flexibility index (Phi) is 4.32. The number of hydrogen-bond acceptors (Lipinski definition) is 3. The van der Waals surface area contributed by atoms with Crippen LogP contribution in [0.3, 0.4) is 0 Å². The summed E-state index contributed by atoms with van der Waals surface area (Å²) in [6, 6.07) is 7.98. The molecule has 0 aliphatic heterocycles. The Hall–Kier alpha value is -2.12. The summed E-state index contributed by atoms with van der Waals surface area (Å²) in [6.45, 7) is 4.59. The van der Waals surface area contributed by atoms with Crippen LogP contribution in [-0.4, -0.2) is 26.5 Å². The summed E-state index contributed by atoms with van der Waals surface area (Å²) < 4.78 is 1.88. The standard InChI is InChI=1S/C15H17N3O/c1-12-16-13(2)18(17-12)11-15-9-4-3-7-14(15)8-5-6-10-19/h3-4,7,9,19H,6,10-11H2,1-2H3. The van der Waals surface area contributed by atoms with Crippen molar-refractivity contribution in [3.8, 4) is 11.8 Å². The maximum Gasteiger partial charge on any atom is 0.147 e. The minimum Gasteiger partial charge on any atom is -0.395 e. The van der Waals surface area contributed by atoms with E-state index >= 15 is 0 Å². The monoisotopic (exact) mass is 255 g/mol. The first-order valence-electron chi connectivity index (χ1n) is 6.26. The largest absolute Gasteiger partial charge is 0.395 e. The van der Waals surface area contributed by atoms with Crippen molar-refractivity contribution < 1.29 is 5.11 Å². The second-order valence-electron chi connectivity index (χ2n) is 4.30. The smallest absolute Gasteiger partial charge is 0.147 e. The van der Waals surface area contributed by atoms with Gasteiger partial charge < -0.3 is 5.11 Å². The van der Waals surface area contributed by atoms with Crippen LogP contribution in [0, 0.1) is 25.7 Å². The van der Waals surface area contributed by atoms with Gasteiger partial charge in [0.25, 0.3) is 0 Å². The molecule has 1 heterocycles. The van der Waals surface area contributed by atoms with Crippen LogP contribution in [0.2, 0.25) is 0 Å². The second-order valence-corrected chi connectivity index (χ2v) is 4.30. The van der Waals surface area contributed by atoms with Crippen LogP contribution in [0.1, 0.15) is 29.2 Å². The number of aryl methyl sites for hydroxylation is 2. The van der Waals surface area contributed by atoms with Crippen molar-refractivity contribution in [3.05, 3.63) is 47.0 Å². The van der Waals surface area contributed by atoms with E-state index in [0.29, 0.717) is 13.0 Å². The predicted molar refractivity (Wildman–Crippen MR) is 73.6 cm³/mol. The van der Waals surface area contributed by atoms with E-state index < -0.39 is 0 Å². The summed E-state index contributed by atoms with van der Waals surface area (Å²) in [5.74, 6) is 7.72. The highest BCUT2D eigenvalue weighted by Gasteiger charge is 2.05. The lowest BCUT2D eigenvalue weighted by atomic mass is 10.1. The Morgan fingerprint density at radius 2 is 2.05 bits per heavy atom. The summed E-state index contributed by atoms with van der Waals surface area (Å²) in [4.78, 5) is 4.30. The molecule has 2 aromatic rings. The molecule has 0 unspecified atom stereocenters. The van der Waals surface area contributed by atoms with Gasteiger partial charge in [-0.15, -0.1) is 0 Å². The van der Waals surface area contributed by atoms with Gasteiger partial charge in [-0.25, -0.2) is 9.67 Å². The molecule has 0 bridgehead atoms. The maximum atomic E-state index is 8.76. The summed E-state index contributed by atoms with van der Waals surface area (Å²) in [6.07, 6.45) is 0.496. The second kappa shape index (κ2) is 6.17. The number of aromatic nitrogens is 3. The molecule has 1 aromatic heterocycles. The molecule has 0 amide bonds. The molecule has 0 saturated heterocycles. The van der Waals surface area contributed by atoms with Gasteiger partial charge in [-0.2, -0.15) is 5.10 Å². The zero-order valence-electron chi connectivity index (χ0n) is 11.2. The van der Waals surface area contributed by atoms with Crippen molar-refractivity contribution in [1.82, 2.24) is 14.8 Å². The van der Waals surface area contributed by atoms with Crippen molar-refractivity contribution in [2.75, 3.05) is 6.61 Å². The SMILES string of the molecule is Cc1nc(C)n(Cc2ccccc2C#CCCO)n1.